The van der Waals surface area contributed by atoms with Gasteiger partial charge in [0.1, 0.15) is 34.6 Å². The van der Waals surface area contributed by atoms with Crippen LogP contribution in [0.4, 0.5) is 52.7 Å². The van der Waals surface area contributed by atoms with Crippen LogP contribution >= 0.6 is 0 Å². The van der Waals surface area contributed by atoms with Crippen LogP contribution in [0.1, 0.15) is 74.1 Å². The third-order valence-corrected chi connectivity index (χ3v) is 4.44. The molecule has 2 aromatic heterocycles. The topological polar surface area (TPSA) is 55.2 Å². The molecule has 0 aliphatic carbocycles. The molecule has 220 valence electrons. The van der Waals surface area contributed by atoms with Crippen molar-refractivity contribution in [3.63, 3.8) is 0 Å². The van der Waals surface area contributed by atoms with Crippen molar-refractivity contribution in [3.05, 3.63) is 63.7 Å². The molecule has 1 atom stereocenters. The lowest BCUT2D eigenvalue weighted by atomic mass is 9.93. The lowest BCUT2D eigenvalue weighted by molar-refractivity contribution is -0.151. The molecular formula is C23H22F12N2O2. The van der Waals surface area contributed by atoms with Crippen molar-refractivity contribution >= 4 is 5.76 Å². The van der Waals surface area contributed by atoms with Crippen LogP contribution < -0.4 is 0 Å². The average Bonchev–Trinajstić information content (AvgIpc) is 2.77. The van der Waals surface area contributed by atoms with Gasteiger partial charge in [0.25, 0.3) is 0 Å². The maximum Gasteiger partial charge on any atom is 0.433 e. The standard InChI is InChI=1S/C18H8F12N2O2.C3H8.C2H6/c19-15(20,21)9-1-6(2-10(31-9)16(22,23)24)13(33)8-5-34-14(8)7-3-11(17(25,26)27)32-12(4-7)18(28,29)30;1-3-2;1-2/h1-4,14,33H,5H2;3H2,1-2H3;1-2H3/b13-8-;;. The van der Waals surface area contributed by atoms with Gasteiger partial charge in [-0.1, -0.05) is 34.1 Å². The molecule has 1 N–H and O–H groups in total. The van der Waals surface area contributed by atoms with Crippen LogP contribution in [0.15, 0.2) is 29.8 Å². The van der Waals surface area contributed by atoms with Crippen LogP contribution in [0, 0.1) is 0 Å². The van der Waals surface area contributed by atoms with E-state index in [0.29, 0.717) is 0 Å². The van der Waals surface area contributed by atoms with E-state index in [1.165, 1.54) is 6.42 Å². The second-order valence-electron chi connectivity index (χ2n) is 7.56. The fourth-order valence-corrected chi connectivity index (χ4v) is 2.88. The molecule has 1 aliphatic heterocycles. The highest BCUT2D eigenvalue weighted by atomic mass is 19.4. The summed E-state index contributed by atoms with van der Waals surface area (Å²) in [5, 5.41) is 10.3. The minimum Gasteiger partial charge on any atom is -0.507 e. The maximum absolute atomic E-state index is 13.0. The molecule has 1 aliphatic rings. The Morgan fingerprint density at radius 3 is 1.28 bits per heavy atom. The molecule has 0 aromatic carbocycles. The minimum absolute atomic E-state index is 0.0434. The van der Waals surface area contributed by atoms with Crippen molar-refractivity contribution in [3.8, 4) is 0 Å². The van der Waals surface area contributed by atoms with Gasteiger partial charge in [-0.15, -0.1) is 0 Å². The predicted octanol–water partition coefficient (Wildman–Crippen LogP) is 9.03. The first-order valence-electron chi connectivity index (χ1n) is 11.1. The van der Waals surface area contributed by atoms with Gasteiger partial charge in [-0.25, -0.2) is 9.97 Å². The number of aliphatic hydroxyl groups excluding tert-OH is 1. The molecule has 0 amide bonds. The highest BCUT2D eigenvalue weighted by Gasteiger charge is 2.43. The van der Waals surface area contributed by atoms with Crippen LogP contribution in [0.5, 0.6) is 0 Å². The van der Waals surface area contributed by atoms with E-state index >= 15 is 0 Å². The Hall–Kier alpha value is -3.04. The third kappa shape index (κ3) is 8.73. The zero-order valence-corrected chi connectivity index (χ0v) is 20.6. The summed E-state index contributed by atoms with van der Waals surface area (Å²) in [6.07, 6.45) is -22.0. The van der Waals surface area contributed by atoms with Crippen molar-refractivity contribution in [1.82, 2.24) is 9.97 Å². The molecule has 0 saturated carbocycles. The summed E-state index contributed by atoms with van der Waals surface area (Å²) >= 11 is 0. The van der Waals surface area contributed by atoms with Gasteiger partial charge in [-0.05, 0) is 29.8 Å². The Balaban J connectivity index is 0.00000142. The van der Waals surface area contributed by atoms with Crippen molar-refractivity contribution in [2.24, 2.45) is 0 Å². The molecule has 1 fully saturated rings. The maximum atomic E-state index is 13.0. The Kier molecular flexibility index (Phi) is 10.8. The molecule has 4 nitrogen and oxygen atoms in total. The van der Waals surface area contributed by atoms with Gasteiger partial charge in [0.05, 0.1) is 6.61 Å². The summed E-state index contributed by atoms with van der Waals surface area (Å²) in [7, 11) is 0. The predicted molar refractivity (Wildman–Crippen MR) is 114 cm³/mol. The first kappa shape index (κ1) is 34.0. The van der Waals surface area contributed by atoms with Crippen molar-refractivity contribution in [1.29, 1.82) is 0 Å². The van der Waals surface area contributed by atoms with Crippen molar-refractivity contribution < 1.29 is 62.5 Å². The molecule has 0 spiro atoms. The summed E-state index contributed by atoms with van der Waals surface area (Å²) in [4.78, 5) is 4.92. The molecular weight excluding hydrogens is 564 g/mol. The Morgan fingerprint density at radius 2 is 1.03 bits per heavy atom. The number of pyridine rings is 2. The van der Waals surface area contributed by atoms with E-state index in [2.05, 4.69) is 23.8 Å². The smallest absolute Gasteiger partial charge is 0.433 e. The Labute approximate surface area is 214 Å². The van der Waals surface area contributed by atoms with Gasteiger partial charge in [-0.2, -0.15) is 52.7 Å². The average molecular weight is 586 g/mol. The van der Waals surface area contributed by atoms with Crippen molar-refractivity contribution in [2.45, 2.75) is 64.9 Å². The Morgan fingerprint density at radius 1 is 0.718 bits per heavy atom. The monoisotopic (exact) mass is 586 g/mol. The zero-order chi connectivity index (χ0) is 30.6. The van der Waals surface area contributed by atoms with E-state index in [-0.39, 0.29) is 24.3 Å². The quantitative estimate of drug-likeness (QED) is 0.282. The molecule has 1 saturated heterocycles. The van der Waals surface area contributed by atoms with E-state index in [1.807, 2.05) is 13.8 Å². The van der Waals surface area contributed by atoms with Gasteiger partial charge in [0.15, 0.2) is 0 Å². The fraction of sp³-hybridized carbons (Fsp3) is 0.478. The number of halogens is 12. The third-order valence-electron chi connectivity index (χ3n) is 4.44. The number of hydrogen-bond donors (Lipinski definition) is 1. The number of rotatable bonds is 2. The molecule has 3 rings (SSSR count). The number of nitrogens with zero attached hydrogens (tertiary/aromatic N) is 2. The van der Waals surface area contributed by atoms with Crippen LogP contribution in [0.3, 0.4) is 0 Å². The SMILES string of the molecule is CC.CCC.O/C(=C1/COC1c1cc(C(F)(F)F)nc(C(F)(F)F)c1)c1cc(C(F)(F)F)nc(C(F)(F)F)c1. The summed E-state index contributed by atoms with van der Waals surface area (Å²) < 4.78 is 161. The summed E-state index contributed by atoms with van der Waals surface area (Å²) in [6.45, 7) is 7.55. The van der Waals surface area contributed by atoms with Gasteiger partial charge < -0.3 is 9.84 Å². The van der Waals surface area contributed by atoms with Gasteiger partial charge in [0, 0.05) is 11.1 Å². The molecule has 1 unspecified atom stereocenters. The molecule has 39 heavy (non-hydrogen) atoms. The lowest BCUT2D eigenvalue weighted by Crippen LogP contribution is -2.26. The number of aromatic nitrogens is 2. The van der Waals surface area contributed by atoms with Crippen molar-refractivity contribution in [2.75, 3.05) is 6.61 Å². The Bertz CT molecular complexity index is 1090. The van der Waals surface area contributed by atoms with E-state index < -0.39 is 82.7 Å². The molecule has 0 bridgehead atoms. The summed E-state index contributed by atoms with van der Waals surface area (Å²) in [6, 6.07) is 0.395. The largest absolute Gasteiger partial charge is 0.507 e. The van der Waals surface area contributed by atoms with Crippen LogP contribution in [-0.2, 0) is 29.4 Å². The summed E-state index contributed by atoms with van der Waals surface area (Å²) in [5.41, 5.74) is -10.5. The molecule has 3 heterocycles. The second kappa shape index (κ2) is 12.4. The van der Waals surface area contributed by atoms with Gasteiger partial charge >= 0.3 is 24.7 Å². The molecule has 0 radical (unpaired) electrons. The van der Waals surface area contributed by atoms with Gasteiger partial charge in [0.2, 0.25) is 0 Å². The normalized spacial score (nSPS) is 17.3. The fourth-order valence-electron chi connectivity index (χ4n) is 2.88. The first-order chi connectivity index (χ1) is 17.7. The highest BCUT2D eigenvalue weighted by Crippen LogP contribution is 2.43. The lowest BCUT2D eigenvalue weighted by Gasteiger charge is -2.32. The molecule has 16 heteroatoms. The van der Waals surface area contributed by atoms with E-state index in [4.69, 9.17) is 4.74 Å². The van der Waals surface area contributed by atoms with Crippen LogP contribution in [0.25, 0.3) is 5.76 Å². The van der Waals surface area contributed by atoms with Crippen LogP contribution in [-0.4, -0.2) is 21.7 Å². The number of hydrogen-bond acceptors (Lipinski definition) is 4. The van der Waals surface area contributed by atoms with Gasteiger partial charge in [-0.3, -0.25) is 0 Å². The highest BCUT2D eigenvalue weighted by molar-refractivity contribution is 5.65. The van der Waals surface area contributed by atoms with E-state index in [9.17, 15) is 57.8 Å². The minimum atomic E-state index is -5.37. The first-order valence-corrected chi connectivity index (χ1v) is 11.1. The van der Waals surface area contributed by atoms with E-state index in [1.54, 1.807) is 0 Å². The van der Waals surface area contributed by atoms with E-state index in [0.717, 1.165) is 0 Å². The number of ether oxygens (including phenoxy) is 1. The number of aliphatic hydroxyl groups is 1. The number of alkyl halides is 12. The summed E-state index contributed by atoms with van der Waals surface area (Å²) in [5.74, 6) is -1.26. The zero-order valence-electron chi connectivity index (χ0n) is 20.6. The van der Waals surface area contributed by atoms with Crippen LogP contribution in [0.2, 0.25) is 0 Å². The molecule has 2 aromatic rings. The second-order valence-corrected chi connectivity index (χ2v) is 7.56.